The van der Waals surface area contributed by atoms with E-state index in [1.54, 1.807) is 9.47 Å². The van der Waals surface area contributed by atoms with Gasteiger partial charge in [-0.15, -0.1) is 0 Å². The maximum absolute atomic E-state index is 12.1. The van der Waals surface area contributed by atoms with Crippen molar-refractivity contribution in [3.63, 3.8) is 0 Å². The first-order valence-electron chi connectivity index (χ1n) is 6.68. The minimum Gasteiger partial charge on any atom is -0.444 e. The highest BCUT2D eigenvalue weighted by atomic mass is 79.9. The van der Waals surface area contributed by atoms with E-state index in [1.807, 2.05) is 20.8 Å². The van der Waals surface area contributed by atoms with Gasteiger partial charge in [0.1, 0.15) is 5.60 Å². The first-order valence-corrected chi connectivity index (χ1v) is 8.18. The van der Waals surface area contributed by atoms with Crippen LogP contribution in [0.25, 0.3) is 0 Å². The van der Waals surface area contributed by atoms with Crippen molar-refractivity contribution in [3.05, 3.63) is 32.7 Å². The van der Waals surface area contributed by atoms with E-state index in [1.165, 1.54) is 6.07 Å². The number of hydrogen-bond donors (Lipinski definition) is 0. The average molecular weight is 378 g/mol. The summed E-state index contributed by atoms with van der Waals surface area (Å²) in [6.45, 7) is 6.36. The number of rotatable bonds is 1. The van der Waals surface area contributed by atoms with Gasteiger partial charge in [-0.05, 0) is 20.8 Å². The Morgan fingerprint density at radius 3 is 2.71 bits per heavy atom. The lowest BCUT2D eigenvalue weighted by molar-refractivity contribution is 0.0221. The fourth-order valence-electron chi connectivity index (χ4n) is 2.28. The molecule has 0 aromatic carbocycles. The number of fused-ring (bicyclic) bond motifs is 1. The third-order valence-electron chi connectivity index (χ3n) is 3.22. The number of ether oxygens (including phenoxy) is 1. The third kappa shape index (κ3) is 3.61. The minimum atomic E-state index is -0.532. The minimum absolute atomic E-state index is 0.138. The van der Waals surface area contributed by atoms with Crippen molar-refractivity contribution in [1.29, 1.82) is 0 Å². The van der Waals surface area contributed by atoms with Crippen molar-refractivity contribution in [2.45, 2.75) is 44.8 Å². The van der Waals surface area contributed by atoms with E-state index in [2.05, 4.69) is 15.9 Å². The predicted molar refractivity (Wildman–Crippen MR) is 85.0 cm³/mol. The van der Waals surface area contributed by atoms with Crippen LogP contribution in [0.5, 0.6) is 0 Å². The number of halogens is 2. The maximum atomic E-state index is 12.1. The topological polar surface area (TPSA) is 51.5 Å². The molecule has 21 heavy (non-hydrogen) atoms. The Kier molecular flexibility index (Phi) is 4.68. The highest BCUT2D eigenvalue weighted by molar-refractivity contribution is 9.08. The quantitative estimate of drug-likeness (QED) is 0.707. The molecule has 0 N–H and O–H groups in total. The number of hydrogen-bond acceptors (Lipinski definition) is 3. The van der Waals surface area contributed by atoms with Crippen LogP contribution in [0.1, 0.15) is 32.0 Å². The largest absolute Gasteiger partial charge is 0.444 e. The Hall–Kier alpha value is -1.01. The zero-order chi connectivity index (χ0) is 15.8. The van der Waals surface area contributed by atoms with Crippen LogP contribution in [0, 0.1) is 0 Å². The molecule has 0 atom stereocenters. The molecular formula is C14H18BrClN2O3. The average Bonchev–Trinajstić information content (AvgIpc) is 2.36. The van der Waals surface area contributed by atoms with E-state index in [9.17, 15) is 9.59 Å². The lowest BCUT2D eigenvalue weighted by Gasteiger charge is -2.32. The summed E-state index contributed by atoms with van der Waals surface area (Å²) in [5.74, 6) is 0. The standard InChI is InChI=1S/C14H18BrClN2O3/c1-14(2,3)21-13(20)17-5-4-11-9(7-17)10(16)6-12(19)18(11)8-15/h6H,4-5,7-8H2,1-3H3. The number of carbonyl (C=O) groups excluding carboxylic acids is 1. The van der Waals surface area contributed by atoms with Gasteiger partial charge >= 0.3 is 6.09 Å². The molecule has 1 aliphatic heterocycles. The molecule has 7 heteroatoms. The molecule has 5 nitrogen and oxygen atoms in total. The summed E-state index contributed by atoms with van der Waals surface area (Å²) in [4.78, 5) is 25.6. The van der Waals surface area contributed by atoms with E-state index in [4.69, 9.17) is 16.3 Å². The molecule has 116 valence electrons. The van der Waals surface area contributed by atoms with Crippen LogP contribution >= 0.6 is 27.5 Å². The molecule has 0 bridgehead atoms. The smallest absolute Gasteiger partial charge is 0.410 e. The fourth-order valence-corrected chi connectivity index (χ4v) is 3.10. The SMILES string of the molecule is CC(C)(C)OC(=O)N1CCc2c(c(Cl)cc(=O)n2CBr)C1. The second-order valence-electron chi connectivity index (χ2n) is 5.96. The summed E-state index contributed by atoms with van der Waals surface area (Å²) < 4.78 is 7.01. The van der Waals surface area contributed by atoms with E-state index in [0.29, 0.717) is 30.0 Å². The maximum Gasteiger partial charge on any atom is 0.410 e. The number of nitrogens with zero attached hydrogens (tertiary/aromatic N) is 2. The molecular weight excluding hydrogens is 360 g/mol. The number of alkyl halides is 1. The Bertz CT molecular complexity index is 622. The van der Waals surface area contributed by atoms with E-state index in [-0.39, 0.29) is 11.7 Å². The molecule has 2 heterocycles. The molecule has 0 aliphatic carbocycles. The molecule has 1 amide bonds. The third-order valence-corrected chi connectivity index (χ3v) is 4.06. The lowest BCUT2D eigenvalue weighted by atomic mass is 10.1. The van der Waals surface area contributed by atoms with Gasteiger partial charge in [0.05, 0.1) is 17.0 Å². The number of aromatic nitrogens is 1. The van der Waals surface area contributed by atoms with Crippen LogP contribution < -0.4 is 5.56 Å². The van der Waals surface area contributed by atoms with Gasteiger partial charge in [-0.25, -0.2) is 4.79 Å². The van der Waals surface area contributed by atoms with Crippen LogP contribution in [0.3, 0.4) is 0 Å². The number of amides is 1. The zero-order valence-corrected chi connectivity index (χ0v) is 14.6. The Labute approximate surface area is 137 Å². The molecule has 1 aromatic rings. The summed E-state index contributed by atoms with van der Waals surface area (Å²) in [7, 11) is 0. The molecule has 1 aliphatic rings. The van der Waals surface area contributed by atoms with Crippen molar-refractivity contribution in [2.24, 2.45) is 0 Å². The first kappa shape index (κ1) is 16.4. The van der Waals surface area contributed by atoms with Gasteiger partial charge in [0, 0.05) is 30.3 Å². The molecule has 0 fully saturated rings. The van der Waals surface area contributed by atoms with Crippen molar-refractivity contribution in [1.82, 2.24) is 9.47 Å². The molecule has 0 unspecified atom stereocenters. The van der Waals surface area contributed by atoms with Gasteiger partial charge in [-0.3, -0.25) is 4.79 Å². The van der Waals surface area contributed by atoms with Crippen molar-refractivity contribution in [2.75, 3.05) is 6.54 Å². The van der Waals surface area contributed by atoms with Gasteiger partial charge in [-0.1, -0.05) is 27.5 Å². The van der Waals surface area contributed by atoms with Crippen LogP contribution in [0.4, 0.5) is 4.79 Å². The second kappa shape index (κ2) is 6.01. The molecule has 0 saturated carbocycles. The zero-order valence-electron chi connectivity index (χ0n) is 12.3. The fraction of sp³-hybridized carbons (Fsp3) is 0.571. The summed E-state index contributed by atoms with van der Waals surface area (Å²) in [5.41, 5.74) is 1.44. The number of pyridine rings is 1. The van der Waals surface area contributed by atoms with Crippen LogP contribution in [-0.4, -0.2) is 27.7 Å². The highest BCUT2D eigenvalue weighted by Crippen LogP contribution is 2.26. The van der Waals surface area contributed by atoms with Gasteiger partial charge < -0.3 is 14.2 Å². The highest BCUT2D eigenvalue weighted by Gasteiger charge is 2.28. The summed E-state index contributed by atoms with van der Waals surface area (Å²) in [5, 5.41) is 0.403. The van der Waals surface area contributed by atoms with Crippen molar-refractivity contribution >= 4 is 33.6 Å². The van der Waals surface area contributed by atoms with Crippen LogP contribution in [0.15, 0.2) is 10.9 Å². The van der Waals surface area contributed by atoms with Gasteiger partial charge in [0.15, 0.2) is 0 Å². The van der Waals surface area contributed by atoms with E-state index < -0.39 is 5.60 Å². The van der Waals surface area contributed by atoms with Gasteiger partial charge in [-0.2, -0.15) is 0 Å². The monoisotopic (exact) mass is 376 g/mol. The Morgan fingerprint density at radius 1 is 1.48 bits per heavy atom. The van der Waals surface area contributed by atoms with E-state index in [0.717, 1.165) is 11.3 Å². The summed E-state index contributed by atoms with van der Waals surface area (Å²) in [6.07, 6.45) is 0.219. The summed E-state index contributed by atoms with van der Waals surface area (Å²) >= 11 is 9.48. The van der Waals surface area contributed by atoms with Gasteiger partial charge in [0.25, 0.3) is 5.56 Å². The predicted octanol–water partition coefficient (Wildman–Crippen LogP) is 3.15. The van der Waals surface area contributed by atoms with Gasteiger partial charge in [0.2, 0.25) is 0 Å². The first-order chi connectivity index (χ1) is 9.73. The van der Waals surface area contributed by atoms with E-state index >= 15 is 0 Å². The van der Waals surface area contributed by atoms with Crippen LogP contribution in [0.2, 0.25) is 5.02 Å². The molecule has 0 saturated heterocycles. The lowest BCUT2D eigenvalue weighted by Crippen LogP contribution is -2.41. The number of carbonyl (C=O) groups is 1. The Balaban J connectivity index is 2.29. The molecule has 1 aromatic heterocycles. The molecule has 2 rings (SSSR count). The molecule has 0 spiro atoms. The Morgan fingerprint density at radius 2 is 2.14 bits per heavy atom. The van der Waals surface area contributed by atoms with Crippen molar-refractivity contribution in [3.8, 4) is 0 Å². The summed E-state index contributed by atoms with van der Waals surface area (Å²) in [6, 6.07) is 1.39. The van der Waals surface area contributed by atoms with Crippen LogP contribution in [-0.2, 0) is 23.2 Å². The second-order valence-corrected chi connectivity index (χ2v) is 6.86. The van der Waals surface area contributed by atoms with Crippen molar-refractivity contribution < 1.29 is 9.53 Å². The molecule has 0 radical (unpaired) electrons. The normalized spacial score (nSPS) is 14.8.